The van der Waals surface area contributed by atoms with Gasteiger partial charge in [0, 0.05) is 10.2 Å². The Kier molecular flexibility index (Phi) is 7.29. The Labute approximate surface area is 188 Å². The minimum atomic E-state index is -4.11. The van der Waals surface area contributed by atoms with Crippen molar-refractivity contribution < 1.29 is 22.3 Å². The van der Waals surface area contributed by atoms with Gasteiger partial charge in [0.05, 0.1) is 17.2 Å². The van der Waals surface area contributed by atoms with Crippen LogP contribution in [-0.2, 0) is 14.8 Å². The number of amides is 1. The van der Waals surface area contributed by atoms with E-state index in [1.807, 2.05) is 6.92 Å². The molecule has 3 rings (SSSR count). The van der Waals surface area contributed by atoms with E-state index < -0.39 is 28.3 Å². The van der Waals surface area contributed by atoms with Gasteiger partial charge in [-0.3, -0.25) is 9.10 Å². The second-order valence-electron chi connectivity index (χ2n) is 6.45. The smallest absolute Gasteiger partial charge is 0.264 e. The summed E-state index contributed by atoms with van der Waals surface area (Å²) in [5, 5.41) is 2.67. The molecule has 0 atom stereocenters. The summed E-state index contributed by atoms with van der Waals surface area (Å²) in [6, 6.07) is 17.7. The van der Waals surface area contributed by atoms with Crippen LogP contribution in [0.4, 0.5) is 15.8 Å². The number of hydrogen-bond donors (Lipinski definition) is 1. The van der Waals surface area contributed by atoms with Gasteiger partial charge in [0.15, 0.2) is 0 Å². The number of benzene rings is 3. The van der Waals surface area contributed by atoms with Crippen LogP contribution in [0.5, 0.6) is 5.75 Å². The van der Waals surface area contributed by atoms with Crippen LogP contribution in [0.1, 0.15) is 6.92 Å². The Morgan fingerprint density at radius 2 is 1.74 bits per heavy atom. The number of ether oxygens (including phenoxy) is 1. The fraction of sp³-hybridized carbons (Fsp3) is 0.136. The molecule has 0 saturated carbocycles. The zero-order valence-corrected chi connectivity index (χ0v) is 19.0. The molecule has 0 unspecified atom stereocenters. The van der Waals surface area contributed by atoms with E-state index in [1.165, 1.54) is 24.3 Å². The van der Waals surface area contributed by atoms with Gasteiger partial charge in [-0.25, -0.2) is 12.8 Å². The first-order valence-electron chi connectivity index (χ1n) is 9.36. The highest BCUT2D eigenvalue weighted by molar-refractivity contribution is 9.10. The maximum Gasteiger partial charge on any atom is 0.264 e. The lowest BCUT2D eigenvalue weighted by atomic mass is 10.3. The third-order valence-corrected chi connectivity index (χ3v) is 6.51. The molecule has 0 aliphatic rings. The molecule has 0 aliphatic heterocycles. The van der Waals surface area contributed by atoms with Gasteiger partial charge in [-0.2, -0.15) is 0 Å². The predicted octanol–water partition coefficient (Wildman–Crippen LogP) is 4.82. The van der Waals surface area contributed by atoms with Crippen LogP contribution < -0.4 is 14.4 Å². The monoisotopic (exact) mass is 506 g/mol. The molecule has 0 fully saturated rings. The number of carbonyl (C=O) groups is 1. The Morgan fingerprint density at radius 1 is 1.06 bits per heavy atom. The van der Waals surface area contributed by atoms with Gasteiger partial charge in [0.25, 0.3) is 10.0 Å². The third-order valence-electron chi connectivity index (χ3n) is 4.23. The summed E-state index contributed by atoms with van der Waals surface area (Å²) in [6.07, 6.45) is 0. The molecule has 162 valence electrons. The quantitative estimate of drug-likeness (QED) is 0.475. The largest absolute Gasteiger partial charge is 0.494 e. The van der Waals surface area contributed by atoms with Crippen molar-refractivity contribution in [1.29, 1.82) is 0 Å². The average molecular weight is 507 g/mol. The van der Waals surface area contributed by atoms with E-state index in [4.69, 9.17) is 4.74 Å². The Hall–Kier alpha value is -2.91. The molecule has 31 heavy (non-hydrogen) atoms. The standard InChI is InChI=1S/C22H20BrFN2O4S/c1-2-30-20-10-12-21(13-11-20)31(28,29)26(19-8-6-17(24)7-9-19)15-22(27)25-18-5-3-4-16(23)14-18/h3-14H,2,15H2,1H3,(H,25,27). The molecule has 0 aliphatic carbocycles. The summed E-state index contributed by atoms with van der Waals surface area (Å²) in [4.78, 5) is 12.6. The van der Waals surface area contributed by atoms with Crippen LogP contribution in [0, 0.1) is 5.82 Å². The summed E-state index contributed by atoms with van der Waals surface area (Å²) in [5.74, 6) is -0.528. The van der Waals surface area contributed by atoms with Crippen molar-refractivity contribution in [1.82, 2.24) is 0 Å². The molecule has 3 aromatic carbocycles. The van der Waals surface area contributed by atoms with Crippen LogP contribution in [0.15, 0.2) is 82.2 Å². The molecule has 1 N–H and O–H groups in total. The van der Waals surface area contributed by atoms with E-state index in [2.05, 4.69) is 21.2 Å². The highest BCUT2D eigenvalue weighted by atomic mass is 79.9. The molecular formula is C22H20BrFN2O4S. The molecular weight excluding hydrogens is 487 g/mol. The minimum absolute atomic E-state index is 0.0180. The van der Waals surface area contributed by atoms with E-state index in [0.29, 0.717) is 18.0 Å². The zero-order valence-electron chi connectivity index (χ0n) is 16.6. The van der Waals surface area contributed by atoms with Gasteiger partial charge < -0.3 is 10.1 Å². The minimum Gasteiger partial charge on any atom is -0.494 e. The maximum atomic E-state index is 13.4. The molecule has 0 radical (unpaired) electrons. The Morgan fingerprint density at radius 3 is 2.35 bits per heavy atom. The van der Waals surface area contributed by atoms with Gasteiger partial charge >= 0.3 is 0 Å². The summed E-state index contributed by atoms with van der Waals surface area (Å²) < 4.78 is 47.1. The van der Waals surface area contributed by atoms with Crippen LogP contribution >= 0.6 is 15.9 Å². The van der Waals surface area contributed by atoms with Crippen molar-refractivity contribution in [3.8, 4) is 5.75 Å². The van der Waals surface area contributed by atoms with Gasteiger partial charge in [-0.05, 0) is 73.7 Å². The average Bonchev–Trinajstić information content (AvgIpc) is 2.73. The van der Waals surface area contributed by atoms with Crippen molar-refractivity contribution >= 4 is 43.2 Å². The van der Waals surface area contributed by atoms with Crippen LogP contribution in [0.2, 0.25) is 0 Å². The number of carbonyl (C=O) groups excluding carboxylic acids is 1. The van der Waals surface area contributed by atoms with Crippen molar-refractivity contribution in [2.24, 2.45) is 0 Å². The first kappa shape index (κ1) is 22.8. The second-order valence-corrected chi connectivity index (χ2v) is 9.23. The van der Waals surface area contributed by atoms with E-state index >= 15 is 0 Å². The van der Waals surface area contributed by atoms with Crippen molar-refractivity contribution in [3.63, 3.8) is 0 Å². The van der Waals surface area contributed by atoms with E-state index in [-0.39, 0.29) is 10.6 Å². The lowest BCUT2D eigenvalue weighted by molar-refractivity contribution is -0.114. The molecule has 1 amide bonds. The molecule has 3 aromatic rings. The number of nitrogens with zero attached hydrogens (tertiary/aromatic N) is 1. The third kappa shape index (κ3) is 5.83. The van der Waals surface area contributed by atoms with Crippen molar-refractivity contribution in [2.75, 3.05) is 22.8 Å². The normalized spacial score (nSPS) is 11.1. The highest BCUT2D eigenvalue weighted by Crippen LogP contribution is 2.26. The van der Waals surface area contributed by atoms with E-state index in [1.54, 1.807) is 36.4 Å². The summed E-state index contributed by atoms with van der Waals surface area (Å²) in [6.45, 7) is 1.78. The Balaban J connectivity index is 1.92. The van der Waals surface area contributed by atoms with Gasteiger partial charge in [-0.15, -0.1) is 0 Å². The first-order valence-corrected chi connectivity index (χ1v) is 11.6. The number of nitrogens with one attached hydrogen (secondary N) is 1. The summed E-state index contributed by atoms with van der Waals surface area (Å²) in [7, 11) is -4.11. The topological polar surface area (TPSA) is 75.7 Å². The highest BCUT2D eigenvalue weighted by Gasteiger charge is 2.27. The maximum absolute atomic E-state index is 13.4. The second kappa shape index (κ2) is 9.93. The molecule has 0 bridgehead atoms. The van der Waals surface area contributed by atoms with Crippen LogP contribution in [0.25, 0.3) is 0 Å². The lowest BCUT2D eigenvalue weighted by Crippen LogP contribution is -2.38. The molecule has 0 heterocycles. The number of halogens is 2. The molecule has 0 saturated heterocycles. The number of sulfonamides is 1. The van der Waals surface area contributed by atoms with E-state index in [9.17, 15) is 17.6 Å². The molecule has 6 nitrogen and oxygen atoms in total. The summed E-state index contributed by atoms with van der Waals surface area (Å²) in [5.41, 5.74) is 0.677. The van der Waals surface area contributed by atoms with E-state index in [0.717, 1.165) is 20.9 Å². The molecule has 0 spiro atoms. The van der Waals surface area contributed by atoms with Gasteiger partial charge in [-0.1, -0.05) is 22.0 Å². The first-order chi connectivity index (χ1) is 14.8. The van der Waals surface area contributed by atoms with Crippen LogP contribution in [0.3, 0.4) is 0 Å². The predicted molar refractivity (Wildman–Crippen MR) is 121 cm³/mol. The summed E-state index contributed by atoms with van der Waals surface area (Å²) >= 11 is 3.32. The zero-order chi connectivity index (χ0) is 22.4. The number of anilines is 2. The molecule has 0 aromatic heterocycles. The SMILES string of the molecule is CCOc1ccc(S(=O)(=O)N(CC(=O)Nc2cccc(Br)c2)c2ccc(F)cc2)cc1. The Bertz CT molecular complexity index is 1150. The fourth-order valence-electron chi connectivity index (χ4n) is 2.82. The van der Waals surface area contributed by atoms with Crippen LogP contribution in [-0.4, -0.2) is 27.5 Å². The number of rotatable bonds is 8. The van der Waals surface area contributed by atoms with Crippen molar-refractivity contribution in [3.05, 3.63) is 83.1 Å². The lowest BCUT2D eigenvalue weighted by Gasteiger charge is -2.24. The fourth-order valence-corrected chi connectivity index (χ4v) is 4.64. The van der Waals surface area contributed by atoms with Gasteiger partial charge in [0.2, 0.25) is 5.91 Å². The molecule has 9 heteroatoms. The van der Waals surface area contributed by atoms with Crippen molar-refractivity contribution in [2.45, 2.75) is 11.8 Å². The number of hydrogen-bond acceptors (Lipinski definition) is 4. The van der Waals surface area contributed by atoms with Gasteiger partial charge in [0.1, 0.15) is 18.1 Å².